The number of amides is 3. The number of rotatable bonds is 6. The molecule has 0 unspecified atom stereocenters. The van der Waals surface area contributed by atoms with E-state index in [1.54, 1.807) is 42.4 Å². The number of fused-ring (bicyclic) bond motifs is 1. The van der Waals surface area contributed by atoms with E-state index in [4.69, 9.17) is 4.98 Å². The van der Waals surface area contributed by atoms with E-state index in [0.29, 0.717) is 29.7 Å². The first-order valence-electron chi connectivity index (χ1n) is 12.1. The summed E-state index contributed by atoms with van der Waals surface area (Å²) in [5, 5.41) is 6.00. The molecule has 3 heterocycles. The Labute approximate surface area is 210 Å². The zero-order valence-corrected chi connectivity index (χ0v) is 20.3. The first kappa shape index (κ1) is 23.3. The van der Waals surface area contributed by atoms with Gasteiger partial charge in [-0.3, -0.25) is 4.79 Å². The zero-order valence-electron chi connectivity index (χ0n) is 20.3. The molecule has 3 amide bonds. The maximum atomic E-state index is 13.2. The Morgan fingerprint density at radius 3 is 2.56 bits per heavy atom. The van der Waals surface area contributed by atoms with Crippen molar-refractivity contribution >= 4 is 46.5 Å². The number of aromatic nitrogens is 2. The van der Waals surface area contributed by atoms with Gasteiger partial charge in [-0.25, -0.2) is 14.7 Å². The van der Waals surface area contributed by atoms with E-state index in [1.807, 2.05) is 12.1 Å². The van der Waals surface area contributed by atoms with Crippen molar-refractivity contribution < 1.29 is 9.59 Å². The van der Waals surface area contributed by atoms with Crippen molar-refractivity contribution in [2.24, 2.45) is 0 Å². The van der Waals surface area contributed by atoms with Crippen molar-refractivity contribution in [3.63, 3.8) is 0 Å². The highest BCUT2D eigenvalue weighted by molar-refractivity contribution is 6.02. The monoisotopic (exact) mass is 483 g/mol. The molecule has 3 aromatic rings. The number of nitrogens with zero attached hydrogens (tertiary/aromatic N) is 5. The molecule has 2 N–H and O–H groups in total. The Morgan fingerprint density at radius 2 is 1.81 bits per heavy atom. The first-order valence-corrected chi connectivity index (χ1v) is 12.1. The predicted octanol–water partition coefficient (Wildman–Crippen LogP) is 5.04. The van der Waals surface area contributed by atoms with Crippen LogP contribution in [-0.4, -0.2) is 46.9 Å². The standard InChI is InChI=1S/C27H29N7O2/c1-3-24(35)29-21-8-7-9-23(16-21)34-25-19(18-32(2)27(34)36)17-28-26(31-25)30-20-10-12-22(13-11-20)33-14-5-4-6-15-33/h3,7-13,16-17H,1,4-6,14-15,18H2,2H3,(H,29,35)(H,28,30,31). The number of anilines is 6. The minimum atomic E-state index is -0.324. The van der Waals surface area contributed by atoms with Crippen molar-refractivity contribution in [1.29, 1.82) is 0 Å². The van der Waals surface area contributed by atoms with Gasteiger partial charge in [0.1, 0.15) is 0 Å². The van der Waals surface area contributed by atoms with Crippen LogP contribution in [0.1, 0.15) is 24.8 Å². The average molecular weight is 484 g/mol. The number of hydrogen-bond acceptors (Lipinski definition) is 6. The molecule has 0 radical (unpaired) electrons. The lowest BCUT2D eigenvalue weighted by Gasteiger charge is -2.34. The summed E-state index contributed by atoms with van der Waals surface area (Å²) in [6, 6.07) is 15.1. The highest BCUT2D eigenvalue weighted by Gasteiger charge is 2.31. The largest absolute Gasteiger partial charge is 0.372 e. The van der Waals surface area contributed by atoms with E-state index in [2.05, 4.69) is 39.2 Å². The maximum absolute atomic E-state index is 13.2. The lowest BCUT2D eigenvalue weighted by Crippen LogP contribution is -2.43. The minimum Gasteiger partial charge on any atom is -0.372 e. The van der Waals surface area contributed by atoms with Gasteiger partial charge in [0.2, 0.25) is 11.9 Å². The normalized spacial score (nSPS) is 15.4. The Balaban J connectivity index is 1.41. The fraction of sp³-hybridized carbons (Fsp3) is 0.259. The van der Waals surface area contributed by atoms with Crippen LogP contribution in [0.15, 0.2) is 67.4 Å². The number of piperidine rings is 1. The van der Waals surface area contributed by atoms with Gasteiger partial charge in [0.25, 0.3) is 0 Å². The van der Waals surface area contributed by atoms with Crippen LogP contribution in [0.4, 0.5) is 39.3 Å². The van der Waals surface area contributed by atoms with Crippen LogP contribution in [0.2, 0.25) is 0 Å². The van der Waals surface area contributed by atoms with E-state index in [0.717, 1.165) is 24.3 Å². The van der Waals surface area contributed by atoms with Gasteiger partial charge in [-0.2, -0.15) is 4.98 Å². The molecular formula is C27H29N7O2. The summed E-state index contributed by atoms with van der Waals surface area (Å²) >= 11 is 0. The van der Waals surface area contributed by atoms with Crippen LogP contribution in [0.3, 0.4) is 0 Å². The molecule has 184 valence electrons. The number of carbonyl (C=O) groups excluding carboxylic acids is 2. The Hall–Kier alpha value is -4.40. The summed E-state index contributed by atoms with van der Waals surface area (Å²) in [4.78, 5) is 39.7. The number of benzene rings is 2. The lowest BCUT2D eigenvalue weighted by atomic mass is 10.1. The molecule has 0 saturated carbocycles. The van der Waals surface area contributed by atoms with Gasteiger partial charge in [-0.15, -0.1) is 0 Å². The van der Waals surface area contributed by atoms with Crippen molar-refractivity contribution in [2.75, 3.05) is 40.6 Å². The van der Waals surface area contributed by atoms with Crippen LogP contribution in [-0.2, 0) is 11.3 Å². The Morgan fingerprint density at radius 1 is 1.03 bits per heavy atom. The maximum Gasteiger partial charge on any atom is 0.330 e. The summed E-state index contributed by atoms with van der Waals surface area (Å²) < 4.78 is 0. The summed E-state index contributed by atoms with van der Waals surface area (Å²) in [7, 11) is 1.73. The molecule has 1 aromatic heterocycles. The van der Waals surface area contributed by atoms with Gasteiger partial charge < -0.3 is 20.4 Å². The molecule has 2 aliphatic heterocycles. The van der Waals surface area contributed by atoms with Gasteiger partial charge in [-0.1, -0.05) is 12.6 Å². The second kappa shape index (κ2) is 10.1. The molecule has 2 aliphatic rings. The molecule has 9 heteroatoms. The van der Waals surface area contributed by atoms with Crippen molar-refractivity contribution in [2.45, 2.75) is 25.8 Å². The van der Waals surface area contributed by atoms with E-state index in [-0.39, 0.29) is 11.9 Å². The van der Waals surface area contributed by atoms with Crippen molar-refractivity contribution in [3.05, 3.63) is 72.9 Å². The number of urea groups is 1. The number of nitrogens with one attached hydrogen (secondary N) is 2. The molecule has 0 bridgehead atoms. The summed E-state index contributed by atoms with van der Waals surface area (Å²) in [6.07, 6.45) is 6.71. The Bertz CT molecular complexity index is 1290. The third kappa shape index (κ3) is 4.86. The number of carbonyl (C=O) groups is 2. The van der Waals surface area contributed by atoms with Crippen LogP contribution in [0.5, 0.6) is 0 Å². The molecule has 2 aromatic carbocycles. The van der Waals surface area contributed by atoms with Crippen LogP contribution in [0.25, 0.3) is 0 Å². The van der Waals surface area contributed by atoms with Gasteiger partial charge in [-0.05, 0) is 67.8 Å². The predicted molar refractivity (Wildman–Crippen MR) is 142 cm³/mol. The van der Waals surface area contributed by atoms with Crippen LogP contribution < -0.4 is 20.4 Å². The highest BCUT2D eigenvalue weighted by atomic mass is 16.2. The van der Waals surface area contributed by atoms with Crippen LogP contribution in [0, 0.1) is 0 Å². The molecule has 0 aliphatic carbocycles. The molecule has 5 rings (SSSR count). The first-order chi connectivity index (χ1) is 17.5. The lowest BCUT2D eigenvalue weighted by molar-refractivity contribution is -0.111. The van der Waals surface area contributed by atoms with Gasteiger partial charge >= 0.3 is 6.03 Å². The fourth-order valence-corrected chi connectivity index (χ4v) is 4.53. The summed E-state index contributed by atoms with van der Waals surface area (Å²) in [6.45, 7) is 6.08. The summed E-state index contributed by atoms with van der Waals surface area (Å²) in [5.41, 5.74) is 4.06. The molecule has 1 saturated heterocycles. The third-order valence-corrected chi connectivity index (χ3v) is 6.38. The van der Waals surface area contributed by atoms with Gasteiger partial charge in [0.05, 0.1) is 12.2 Å². The SMILES string of the molecule is C=CC(=O)Nc1cccc(N2C(=O)N(C)Cc3cnc(Nc4ccc(N5CCCCC5)cc4)nc32)c1. The number of hydrogen-bond donors (Lipinski definition) is 2. The second-order valence-electron chi connectivity index (χ2n) is 8.98. The van der Waals surface area contributed by atoms with E-state index in [1.165, 1.54) is 35.9 Å². The minimum absolute atomic E-state index is 0.217. The molecular weight excluding hydrogens is 454 g/mol. The smallest absolute Gasteiger partial charge is 0.330 e. The van der Waals surface area contributed by atoms with E-state index >= 15 is 0 Å². The third-order valence-electron chi connectivity index (χ3n) is 6.38. The topological polar surface area (TPSA) is 93.7 Å². The van der Waals surface area contributed by atoms with Gasteiger partial charge in [0.15, 0.2) is 5.82 Å². The average Bonchev–Trinajstić information content (AvgIpc) is 2.91. The second-order valence-corrected chi connectivity index (χ2v) is 8.98. The van der Waals surface area contributed by atoms with Crippen LogP contribution >= 0.6 is 0 Å². The van der Waals surface area contributed by atoms with Crippen molar-refractivity contribution in [3.8, 4) is 0 Å². The molecule has 1 fully saturated rings. The zero-order chi connectivity index (χ0) is 25.1. The summed E-state index contributed by atoms with van der Waals surface area (Å²) in [5.74, 6) is 0.584. The van der Waals surface area contributed by atoms with E-state index in [9.17, 15) is 9.59 Å². The fourth-order valence-electron chi connectivity index (χ4n) is 4.53. The highest BCUT2D eigenvalue weighted by Crippen LogP contribution is 2.35. The molecule has 0 atom stereocenters. The quantitative estimate of drug-likeness (QED) is 0.477. The molecule has 9 nitrogen and oxygen atoms in total. The molecule has 0 spiro atoms. The van der Waals surface area contributed by atoms with Gasteiger partial charge in [0, 0.05) is 49.0 Å². The molecule has 36 heavy (non-hydrogen) atoms. The van der Waals surface area contributed by atoms with E-state index < -0.39 is 0 Å². The Kier molecular flexibility index (Phi) is 6.53. The van der Waals surface area contributed by atoms with Crippen molar-refractivity contribution in [1.82, 2.24) is 14.9 Å².